The summed E-state index contributed by atoms with van der Waals surface area (Å²) >= 11 is 3.60. The van der Waals surface area contributed by atoms with Gasteiger partial charge in [-0.15, -0.1) is 0 Å². The minimum absolute atomic E-state index is 0.562. The molecule has 24 heavy (non-hydrogen) atoms. The lowest BCUT2D eigenvalue weighted by Gasteiger charge is -2.59. The molecular weight excluding hydrogens is 362 g/mol. The Bertz CT molecular complexity index is 564. The molecule has 0 aliphatic heterocycles. The van der Waals surface area contributed by atoms with Gasteiger partial charge >= 0.3 is 0 Å². The first kappa shape index (κ1) is 16.9. The average molecular weight is 392 g/mol. The second-order valence-electron chi connectivity index (χ2n) is 8.57. The fraction of sp³-hybridized carbons (Fsp3) is 0.714. The SMILES string of the molecule is CCOc1ccc(Br)cc1CN[C@H](C)C12CC3CC(CC(C3)C1)C2. The van der Waals surface area contributed by atoms with E-state index in [1.54, 1.807) is 0 Å². The highest BCUT2D eigenvalue weighted by Crippen LogP contribution is 2.61. The molecular formula is C21H30BrNO. The third-order valence-electron chi connectivity index (χ3n) is 6.93. The lowest BCUT2D eigenvalue weighted by molar-refractivity contribution is -0.0706. The Morgan fingerprint density at radius 1 is 1.17 bits per heavy atom. The van der Waals surface area contributed by atoms with Crippen LogP contribution in [-0.4, -0.2) is 12.6 Å². The van der Waals surface area contributed by atoms with E-state index in [0.717, 1.165) is 41.1 Å². The highest BCUT2D eigenvalue weighted by atomic mass is 79.9. The van der Waals surface area contributed by atoms with Crippen LogP contribution in [0.15, 0.2) is 22.7 Å². The third kappa shape index (κ3) is 3.14. The molecule has 0 heterocycles. The molecule has 2 nitrogen and oxygen atoms in total. The lowest BCUT2D eigenvalue weighted by atomic mass is 9.48. The molecule has 1 aromatic carbocycles. The number of halogens is 1. The molecule has 4 aliphatic carbocycles. The monoisotopic (exact) mass is 391 g/mol. The average Bonchev–Trinajstić information content (AvgIpc) is 2.53. The van der Waals surface area contributed by atoms with Gasteiger partial charge in [-0.1, -0.05) is 15.9 Å². The van der Waals surface area contributed by atoms with Crippen LogP contribution in [-0.2, 0) is 6.54 Å². The Balaban J connectivity index is 1.45. The smallest absolute Gasteiger partial charge is 0.123 e. The Morgan fingerprint density at radius 2 is 1.79 bits per heavy atom. The van der Waals surface area contributed by atoms with Crippen molar-refractivity contribution in [3.05, 3.63) is 28.2 Å². The zero-order chi connectivity index (χ0) is 16.7. The number of benzene rings is 1. The van der Waals surface area contributed by atoms with Gasteiger partial charge in [-0.05, 0) is 93.7 Å². The van der Waals surface area contributed by atoms with E-state index in [1.165, 1.54) is 44.1 Å². The van der Waals surface area contributed by atoms with E-state index in [1.807, 2.05) is 0 Å². The maximum absolute atomic E-state index is 5.81. The van der Waals surface area contributed by atoms with Crippen LogP contribution in [0, 0.1) is 23.2 Å². The summed E-state index contributed by atoms with van der Waals surface area (Å²) in [5.74, 6) is 4.08. The largest absolute Gasteiger partial charge is 0.494 e. The van der Waals surface area contributed by atoms with Gasteiger partial charge in [0, 0.05) is 22.6 Å². The topological polar surface area (TPSA) is 21.3 Å². The van der Waals surface area contributed by atoms with Crippen molar-refractivity contribution < 1.29 is 4.74 Å². The van der Waals surface area contributed by atoms with Crippen LogP contribution in [0.1, 0.15) is 57.9 Å². The van der Waals surface area contributed by atoms with Crippen molar-refractivity contribution in [1.29, 1.82) is 0 Å². The number of hydrogen-bond acceptors (Lipinski definition) is 2. The predicted molar refractivity (Wildman–Crippen MR) is 102 cm³/mol. The molecule has 4 fully saturated rings. The molecule has 4 bridgehead atoms. The van der Waals surface area contributed by atoms with E-state index in [-0.39, 0.29) is 0 Å². The predicted octanol–water partition coefficient (Wildman–Crippen LogP) is 5.54. The minimum Gasteiger partial charge on any atom is -0.494 e. The van der Waals surface area contributed by atoms with Crippen LogP contribution in [0.5, 0.6) is 5.75 Å². The Hall–Kier alpha value is -0.540. The zero-order valence-electron chi connectivity index (χ0n) is 15.0. The Labute approximate surface area is 154 Å². The fourth-order valence-electron chi connectivity index (χ4n) is 6.17. The van der Waals surface area contributed by atoms with Crippen molar-refractivity contribution >= 4 is 15.9 Å². The second-order valence-corrected chi connectivity index (χ2v) is 9.48. The molecule has 5 rings (SSSR count). The van der Waals surface area contributed by atoms with Gasteiger partial charge in [0.2, 0.25) is 0 Å². The van der Waals surface area contributed by atoms with Gasteiger partial charge in [-0.3, -0.25) is 0 Å². The van der Waals surface area contributed by atoms with Crippen molar-refractivity contribution in [1.82, 2.24) is 5.32 Å². The van der Waals surface area contributed by atoms with Crippen LogP contribution in [0.4, 0.5) is 0 Å². The molecule has 1 aromatic rings. The quantitative estimate of drug-likeness (QED) is 0.686. The van der Waals surface area contributed by atoms with Gasteiger partial charge in [0.1, 0.15) is 5.75 Å². The van der Waals surface area contributed by atoms with Crippen LogP contribution >= 0.6 is 15.9 Å². The second kappa shape index (κ2) is 6.64. The van der Waals surface area contributed by atoms with Gasteiger partial charge in [0.25, 0.3) is 0 Å². The normalized spacial score (nSPS) is 35.2. The molecule has 0 unspecified atom stereocenters. The van der Waals surface area contributed by atoms with Gasteiger partial charge in [0.15, 0.2) is 0 Å². The number of nitrogens with one attached hydrogen (secondary N) is 1. The molecule has 0 amide bonds. The van der Waals surface area contributed by atoms with E-state index in [2.05, 4.69) is 53.3 Å². The summed E-state index contributed by atoms with van der Waals surface area (Å²) in [5, 5.41) is 3.88. The van der Waals surface area contributed by atoms with Gasteiger partial charge < -0.3 is 10.1 Å². The maximum Gasteiger partial charge on any atom is 0.123 e. The summed E-state index contributed by atoms with van der Waals surface area (Å²) < 4.78 is 6.94. The first-order chi connectivity index (χ1) is 11.6. The molecule has 0 radical (unpaired) electrons. The molecule has 4 aliphatic rings. The fourth-order valence-corrected chi connectivity index (χ4v) is 6.58. The summed E-state index contributed by atoms with van der Waals surface area (Å²) in [7, 11) is 0. The van der Waals surface area contributed by atoms with E-state index < -0.39 is 0 Å². The first-order valence-electron chi connectivity index (χ1n) is 9.72. The van der Waals surface area contributed by atoms with Crippen molar-refractivity contribution in [3.8, 4) is 5.75 Å². The minimum atomic E-state index is 0.562. The maximum atomic E-state index is 5.81. The van der Waals surface area contributed by atoms with Gasteiger partial charge in [-0.25, -0.2) is 0 Å². The number of ether oxygens (including phenoxy) is 1. The van der Waals surface area contributed by atoms with Crippen molar-refractivity contribution in [3.63, 3.8) is 0 Å². The summed E-state index contributed by atoms with van der Waals surface area (Å²) in [6.45, 7) is 6.11. The van der Waals surface area contributed by atoms with E-state index in [0.29, 0.717) is 11.5 Å². The van der Waals surface area contributed by atoms with E-state index >= 15 is 0 Å². The lowest BCUT2D eigenvalue weighted by Crippen LogP contribution is -2.54. The van der Waals surface area contributed by atoms with Gasteiger partial charge in [-0.2, -0.15) is 0 Å². The molecule has 3 heteroatoms. The number of hydrogen-bond donors (Lipinski definition) is 1. The molecule has 132 valence electrons. The summed E-state index contributed by atoms with van der Waals surface area (Å²) in [5.41, 5.74) is 1.83. The first-order valence-corrected chi connectivity index (χ1v) is 10.5. The summed E-state index contributed by atoms with van der Waals surface area (Å²) in [4.78, 5) is 0. The van der Waals surface area contributed by atoms with Crippen LogP contribution in [0.3, 0.4) is 0 Å². The van der Waals surface area contributed by atoms with Crippen LogP contribution < -0.4 is 10.1 Å². The zero-order valence-corrected chi connectivity index (χ0v) is 16.6. The standard InChI is InChI=1S/C21H30BrNO/c1-3-24-20-5-4-19(22)9-18(20)13-23-14(2)21-10-15-6-16(11-21)8-17(7-15)12-21/h4-5,9,14-17,23H,3,6-8,10-13H2,1-2H3/t14-,15?,16?,17?,21?/m1/s1. The molecule has 0 saturated heterocycles. The summed E-state index contributed by atoms with van der Waals surface area (Å²) in [6, 6.07) is 6.95. The molecule has 1 N–H and O–H groups in total. The molecule has 4 saturated carbocycles. The Morgan fingerprint density at radius 3 is 2.38 bits per heavy atom. The van der Waals surface area contributed by atoms with E-state index in [9.17, 15) is 0 Å². The van der Waals surface area contributed by atoms with Crippen LogP contribution in [0.2, 0.25) is 0 Å². The molecule has 0 aromatic heterocycles. The molecule has 0 spiro atoms. The summed E-state index contributed by atoms with van der Waals surface area (Å²) in [6.07, 6.45) is 8.95. The third-order valence-corrected chi connectivity index (χ3v) is 7.42. The number of rotatable bonds is 6. The highest BCUT2D eigenvalue weighted by molar-refractivity contribution is 9.10. The highest BCUT2D eigenvalue weighted by Gasteiger charge is 2.52. The molecule has 1 atom stereocenters. The van der Waals surface area contributed by atoms with Crippen LogP contribution in [0.25, 0.3) is 0 Å². The Kier molecular flexibility index (Phi) is 4.68. The van der Waals surface area contributed by atoms with E-state index in [4.69, 9.17) is 4.74 Å². The van der Waals surface area contributed by atoms with Gasteiger partial charge in [0.05, 0.1) is 6.61 Å². The van der Waals surface area contributed by atoms with Crippen molar-refractivity contribution in [2.45, 2.75) is 65.0 Å². The van der Waals surface area contributed by atoms with Crippen molar-refractivity contribution in [2.24, 2.45) is 23.2 Å². The van der Waals surface area contributed by atoms with Crippen molar-refractivity contribution in [2.75, 3.05) is 6.61 Å².